The standard InChI is InChI=1S/C10H19NO2/c1-10(2,3)13-7-8-4-5-11-9(12)6-8/h8H,4-7H2,1-3H3,(H,11,12). The van der Waals surface area contributed by atoms with Gasteiger partial charge in [-0.1, -0.05) is 0 Å². The average Bonchev–Trinajstić information content (AvgIpc) is 2.00. The number of carbonyl (C=O) groups excluding carboxylic acids is 1. The lowest BCUT2D eigenvalue weighted by Gasteiger charge is -2.26. The highest BCUT2D eigenvalue weighted by Crippen LogP contribution is 2.16. The van der Waals surface area contributed by atoms with Crippen LogP contribution in [0.2, 0.25) is 0 Å². The fourth-order valence-corrected chi connectivity index (χ4v) is 1.36. The molecule has 3 heteroatoms. The van der Waals surface area contributed by atoms with Gasteiger partial charge >= 0.3 is 0 Å². The second-order valence-electron chi connectivity index (χ2n) is 4.63. The maximum Gasteiger partial charge on any atom is 0.220 e. The SMILES string of the molecule is CC(C)(C)OCC1CCNC(=O)C1. The van der Waals surface area contributed by atoms with Gasteiger partial charge < -0.3 is 10.1 Å². The van der Waals surface area contributed by atoms with E-state index in [2.05, 4.69) is 5.32 Å². The van der Waals surface area contributed by atoms with Crippen LogP contribution in [-0.4, -0.2) is 24.7 Å². The predicted molar refractivity (Wildman–Crippen MR) is 51.4 cm³/mol. The third-order valence-electron chi connectivity index (χ3n) is 2.10. The summed E-state index contributed by atoms with van der Waals surface area (Å²) < 4.78 is 5.64. The number of piperidine rings is 1. The molecule has 13 heavy (non-hydrogen) atoms. The van der Waals surface area contributed by atoms with E-state index in [0.717, 1.165) is 13.0 Å². The Morgan fingerprint density at radius 1 is 1.54 bits per heavy atom. The molecule has 0 saturated carbocycles. The molecule has 0 aromatic carbocycles. The fourth-order valence-electron chi connectivity index (χ4n) is 1.36. The summed E-state index contributed by atoms with van der Waals surface area (Å²) in [7, 11) is 0. The number of carbonyl (C=O) groups is 1. The molecule has 1 heterocycles. The van der Waals surface area contributed by atoms with Gasteiger partial charge in [-0.25, -0.2) is 0 Å². The van der Waals surface area contributed by atoms with E-state index in [0.29, 0.717) is 18.9 Å². The molecule has 1 aliphatic heterocycles. The number of nitrogens with one attached hydrogen (secondary N) is 1. The molecule has 0 aromatic rings. The van der Waals surface area contributed by atoms with E-state index in [1.165, 1.54) is 0 Å². The van der Waals surface area contributed by atoms with Crippen molar-refractivity contribution in [1.82, 2.24) is 5.32 Å². The van der Waals surface area contributed by atoms with Crippen molar-refractivity contribution in [3.05, 3.63) is 0 Å². The van der Waals surface area contributed by atoms with Crippen LogP contribution in [0.4, 0.5) is 0 Å². The van der Waals surface area contributed by atoms with E-state index in [1.807, 2.05) is 20.8 Å². The van der Waals surface area contributed by atoms with Gasteiger partial charge in [-0.2, -0.15) is 0 Å². The van der Waals surface area contributed by atoms with Gasteiger partial charge in [-0.15, -0.1) is 0 Å². The molecule has 0 spiro atoms. The summed E-state index contributed by atoms with van der Waals surface area (Å²) in [6, 6.07) is 0. The molecular weight excluding hydrogens is 166 g/mol. The number of ether oxygens (including phenoxy) is 1. The normalized spacial score (nSPS) is 24.2. The lowest BCUT2D eigenvalue weighted by molar-refractivity contribution is -0.125. The Kier molecular flexibility index (Phi) is 3.31. The Bertz CT molecular complexity index is 184. The minimum Gasteiger partial charge on any atom is -0.376 e. The minimum atomic E-state index is -0.0894. The topological polar surface area (TPSA) is 38.3 Å². The highest BCUT2D eigenvalue weighted by atomic mass is 16.5. The average molecular weight is 185 g/mol. The molecule has 1 unspecified atom stereocenters. The van der Waals surface area contributed by atoms with Gasteiger partial charge in [0, 0.05) is 13.0 Å². The highest BCUT2D eigenvalue weighted by molar-refractivity contribution is 5.76. The molecule has 1 rings (SSSR count). The molecule has 0 aliphatic carbocycles. The van der Waals surface area contributed by atoms with E-state index >= 15 is 0 Å². The van der Waals surface area contributed by atoms with Gasteiger partial charge in [-0.05, 0) is 33.1 Å². The summed E-state index contributed by atoms with van der Waals surface area (Å²) in [6.07, 6.45) is 1.66. The van der Waals surface area contributed by atoms with E-state index in [4.69, 9.17) is 4.74 Å². The van der Waals surface area contributed by atoms with Crippen molar-refractivity contribution in [3.8, 4) is 0 Å². The Balaban J connectivity index is 2.25. The van der Waals surface area contributed by atoms with Crippen LogP contribution < -0.4 is 5.32 Å². The van der Waals surface area contributed by atoms with Crippen LogP contribution in [0.5, 0.6) is 0 Å². The molecule has 1 aliphatic rings. The largest absolute Gasteiger partial charge is 0.376 e. The molecule has 1 atom stereocenters. The van der Waals surface area contributed by atoms with Gasteiger partial charge in [0.25, 0.3) is 0 Å². The zero-order valence-corrected chi connectivity index (χ0v) is 8.72. The number of hydrogen-bond donors (Lipinski definition) is 1. The van der Waals surface area contributed by atoms with Crippen molar-refractivity contribution in [3.63, 3.8) is 0 Å². The van der Waals surface area contributed by atoms with E-state index in [9.17, 15) is 4.79 Å². The first kappa shape index (κ1) is 10.5. The van der Waals surface area contributed by atoms with Crippen LogP contribution in [0.1, 0.15) is 33.6 Å². The molecule has 0 aromatic heterocycles. The number of amides is 1. The van der Waals surface area contributed by atoms with E-state index in [1.54, 1.807) is 0 Å². The molecule has 76 valence electrons. The summed E-state index contributed by atoms with van der Waals surface area (Å²) >= 11 is 0. The molecule has 1 fully saturated rings. The van der Waals surface area contributed by atoms with Crippen LogP contribution in [0.25, 0.3) is 0 Å². The third-order valence-corrected chi connectivity index (χ3v) is 2.10. The van der Waals surface area contributed by atoms with Crippen LogP contribution in [-0.2, 0) is 9.53 Å². The van der Waals surface area contributed by atoms with Crippen molar-refractivity contribution in [2.75, 3.05) is 13.2 Å². The smallest absolute Gasteiger partial charge is 0.220 e. The second kappa shape index (κ2) is 4.09. The number of hydrogen-bond acceptors (Lipinski definition) is 2. The van der Waals surface area contributed by atoms with Gasteiger partial charge in [-0.3, -0.25) is 4.79 Å². The minimum absolute atomic E-state index is 0.0894. The monoisotopic (exact) mass is 185 g/mol. The molecule has 1 amide bonds. The van der Waals surface area contributed by atoms with E-state index in [-0.39, 0.29) is 11.5 Å². The second-order valence-corrected chi connectivity index (χ2v) is 4.63. The maximum absolute atomic E-state index is 11.0. The Morgan fingerprint density at radius 2 is 2.23 bits per heavy atom. The first-order valence-electron chi connectivity index (χ1n) is 4.88. The lowest BCUT2D eigenvalue weighted by Crippen LogP contribution is -2.36. The third kappa shape index (κ3) is 4.27. The molecular formula is C10H19NO2. The molecule has 3 nitrogen and oxygen atoms in total. The van der Waals surface area contributed by atoms with Gasteiger partial charge in [0.2, 0.25) is 5.91 Å². The van der Waals surface area contributed by atoms with Gasteiger partial charge in [0.1, 0.15) is 0 Å². The summed E-state index contributed by atoms with van der Waals surface area (Å²) in [5.74, 6) is 0.571. The first-order chi connectivity index (χ1) is 5.97. The summed E-state index contributed by atoms with van der Waals surface area (Å²) in [6.45, 7) is 7.62. The fraction of sp³-hybridized carbons (Fsp3) is 0.900. The van der Waals surface area contributed by atoms with Crippen LogP contribution in [0.15, 0.2) is 0 Å². The van der Waals surface area contributed by atoms with Gasteiger partial charge in [0.15, 0.2) is 0 Å². The Labute approximate surface area is 79.8 Å². The quantitative estimate of drug-likeness (QED) is 0.704. The maximum atomic E-state index is 11.0. The lowest BCUT2D eigenvalue weighted by atomic mass is 9.98. The summed E-state index contributed by atoms with van der Waals surface area (Å²) in [5.41, 5.74) is -0.0894. The van der Waals surface area contributed by atoms with Crippen molar-refractivity contribution >= 4 is 5.91 Å². The Morgan fingerprint density at radius 3 is 2.77 bits per heavy atom. The van der Waals surface area contributed by atoms with Crippen molar-refractivity contribution < 1.29 is 9.53 Å². The molecule has 1 N–H and O–H groups in total. The van der Waals surface area contributed by atoms with E-state index < -0.39 is 0 Å². The van der Waals surface area contributed by atoms with Gasteiger partial charge in [0.05, 0.1) is 12.2 Å². The van der Waals surface area contributed by atoms with Crippen LogP contribution in [0.3, 0.4) is 0 Å². The zero-order valence-electron chi connectivity index (χ0n) is 8.72. The summed E-state index contributed by atoms with van der Waals surface area (Å²) in [5, 5.41) is 2.81. The van der Waals surface area contributed by atoms with Crippen molar-refractivity contribution in [1.29, 1.82) is 0 Å². The molecule has 0 bridgehead atoms. The van der Waals surface area contributed by atoms with Crippen molar-refractivity contribution in [2.45, 2.75) is 39.2 Å². The predicted octanol–water partition coefficient (Wildman–Crippen LogP) is 1.33. The Hall–Kier alpha value is -0.570. The molecule has 1 saturated heterocycles. The zero-order chi connectivity index (χ0) is 9.90. The first-order valence-corrected chi connectivity index (χ1v) is 4.88. The van der Waals surface area contributed by atoms with Crippen LogP contribution >= 0.6 is 0 Å². The van der Waals surface area contributed by atoms with Crippen LogP contribution in [0, 0.1) is 5.92 Å². The summed E-state index contributed by atoms with van der Waals surface area (Å²) in [4.78, 5) is 11.0. The molecule has 0 radical (unpaired) electrons. The number of rotatable bonds is 2. The highest BCUT2D eigenvalue weighted by Gasteiger charge is 2.21. The van der Waals surface area contributed by atoms with Crippen molar-refractivity contribution in [2.24, 2.45) is 5.92 Å².